The Morgan fingerprint density at radius 2 is 0.455 bits per heavy atom. The number of rotatable bonds is 4. The number of nitrogens with one attached hydrogen (secondary N) is 4. The SMILES string of the molecule is [Cu+2].[NH-]Cc1ccccc1.[NH-]Cc1ccccc1.[NH-]Cc1ccccc1.[NH-]Cc1ccccc1. The third-order valence-corrected chi connectivity index (χ3v) is 4.19. The smallest absolute Gasteiger partial charge is 0.674 e. The summed E-state index contributed by atoms with van der Waals surface area (Å²) in [5.41, 5.74) is 32.1. The Kier molecular flexibility index (Phi) is 19.3. The maximum atomic E-state index is 6.94. The van der Waals surface area contributed by atoms with E-state index in [2.05, 4.69) is 0 Å². The zero-order chi connectivity index (χ0) is 23.3. The van der Waals surface area contributed by atoms with Crippen LogP contribution in [-0.2, 0) is 43.2 Å². The first-order valence-electron chi connectivity index (χ1n) is 10.5. The third-order valence-electron chi connectivity index (χ3n) is 4.19. The monoisotopic (exact) mass is 487 g/mol. The Balaban J connectivity index is 0.000000410. The van der Waals surface area contributed by atoms with Crippen LogP contribution in [0.25, 0.3) is 22.9 Å². The number of hydrogen-bond donors (Lipinski definition) is 0. The second-order valence-corrected chi connectivity index (χ2v) is 6.65. The molecule has 0 aliphatic rings. The van der Waals surface area contributed by atoms with Gasteiger partial charge in [-0.1, -0.05) is 144 Å². The molecule has 0 aromatic heterocycles. The van der Waals surface area contributed by atoms with E-state index in [1.54, 1.807) is 0 Å². The minimum absolute atomic E-state index is 0. The van der Waals surface area contributed by atoms with Crippen LogP contribution in [0.2, 0.25) is 0 Å². The van der Waals surface area contributed by atoms with Crippen molar-refractivity contribution in [3.63, 3.8) is 0 Å². The molecule has 4 N–H and O–H groups in total. The molecule has 0 unspecified atom stereocenters. The van der Waals surface area contributed by atoms with Gasteiger partial charge in [0.1, 0.15) is 0 Å². The molecule has 1 radical (unpaired) electrons. The molecule has 4 aromatic rings. The zero-order valence-electron chi connectivity index (χ0n) is 18.7. The van der Waals surface area contributed by atoms with Crippen molar-refractivity contribution in [3.8, 4) is 0 Å². The molecule has 4 aromatic carbocycles. The van der Waals surface area contributed by atoms with Crippen LogP contribution < -0.4 is 0 Å². The molecular weight excluding hydrogens is 456 g/mol. The molecule has 0 bridgehead atoms. The first-order valence-corrected chi connectivity index (χ1v) is 10.5. The first kappa shape index (κ1) is 30.2. The largest absolute Gasteiger partial charge is 2.00 e. The van der Waals surface area contributed by atoms with Gasteiger partial charge in [0.15, 0.2) is 0 Å². The summed E-state index contributed by atoms with van der Waals surface area (Å²) in [5.74, 6) is 0. The normalized spacial score (nSPS) is 8.85. The zero-order valence-corrected chi connectivity index (χ0v) is 19.6. The maximum Gasteiger partial charge on any atom is 2.00 e. The van der Waals surface area contributed by atoms with Gasteiger partial charge in [-0.15, -0.1) is 26.2 Å². The van der Waals surface area contributed by atoms with E-state index in [0.29, 0.717) is 26.2 Å². The van der Waals surface area contributed by atoms with Gasteiger partial charge in [0.25, 0.3) is 0 Å². The van der Waals surface area contributed by atoms with Crippen molar-refractivity contribution >= 4 is 0 Å². The molecule has 0 saturated carbocycles. The fourth-order valence-corrected chi connectivity index (χ4v) is 2.38. The van der Waals surface area contributed by atoms with E-state index in [9.17, 15) is 0 Å². The Morgan fingerprint density at radius 3 is 0.545 bits per heavy atom. The van der Waals surface area contributed by atoms with Gasteiger partial charge in [0.05, 0.1) is 0 Å². The molecule has 0 amide bonds. The van der Waals surface area contributed by atoms with E-state index >= 15 is 0 Å². The third kappa shape index (κ3) is 15.6. The molecule has 0 fully saturated rings. The minimum atomic E-state index is 0. The van der Waals surface area contributed by atoms with Crippen LogP contribution in [0, 0.1) is 0 Å². The quantitative estimate of drug-likeness (QED) is 0.257. The topological polar surface area (TPSA) is 95.2 Å². The molecule has 4 nitrogen and oxygen atoms in total. The second-order valence-electron chi connectivity index (χ2n) is 6.65. The molecule has 4 rings (SSSR count). The molecule has 0 aliphatic carbocycles. The van der Waals surface area contributed by atoms with Crippen molar-refractivity contribution in [1.29, 1.82) is 0 Å². The van der Waals surface area contributed by atoms with Crippen molar-refractivity contribution < 1.29 is 17.1 Å². The van der Waals surface area contributed by atoms with E-state index < -0.39 is 0 Å². The van der Waals surface area contributed by atoms with Gasteiger partial charge in [-0.3, -0.25) is 0 Å². The van der Waals surface area contributed by atoms with E-state index in [4.69, 9.17) is 22.9 Å². The van der Waals surface area contributed by atoms with Crippen LogP contribution in [0.1, 0.15) is 22.3 Å². The molecule has 0 spiro atoms. The van der Waals surface area contributed by atoms with E-state index in [1.165, 1.54) is 0 Å². The summed E-state index contributed by atoms with van der Waals surface area (Å²) in [6.07, 6.45) is 0. The van der Waals surface area contributed by atoms with Crippen LogP contribution in [-0.4, -0.2) is 0 Å². The van der Waals surface area contributed by atoms with Crippen LogP contribution in [0.4, 0.5) is 0 Å². The van der Waals surface area contributed by atoms with Crippen molar-refractivity contribution in [2.45, 2.75) is 26.2 Å². The van der Waals surface area contributed by atoms with Crippen LogP contribution in [0.15, 0.2) is 121 Å². The summed E-state index contributed by atoms with van der Waals surface area (Å²) in [6, 6.07) is 39.0. The molecule has 0 atom stereocenters. The summed E-state index contributed by atoms with van der Waals surface area (Å²) in [5, 5.41) is 0. The minimum Gasteiger partial charge on any atom is -0.674 e. The van der Waals surface area contributed by atoms with Crippen molar-refractivity contribution in [3.05, 3.63) is 167 Å². The Morgan fingerprint density at radius 1 is 0.303 bits per heavy atom. The first-order chi connectivity index (χ1) is 15.7. The van der Waals surface area contributed by atoms with Gasteiger partial charge in [-0.05, 0) is 0 Å². The van der Waals surface area contributed by atoms with E-state index in [0.717, 1.165) is 22.3 Å². The van der Waals surface area contributed by atoms with Gasteiger partial charge in [-0.2, -0.15) is 0 Å². The number of hydrogen-bond acceptors (Lipinski definition) is 0. The standard InChI is InChI=1S/4C7H8N.Cu/c4*8-6-7-4-2-1-3-5-7;/h4*1-5,8H,6H2;/q4*-1;+2. The maximum absolute atomic E-state index is 6.94. The predicted molar refractivity (Wildman–Crippen MR) is 138 cm³/mol. The molecule has 177 valence electrons. The fourth-order valence-electron chi connectivity index (χ4n) is 2.38. The van der Waals surface area contributed by atoms with Crippen molar-refractivity contribution in [2.24, 2.45) is 0 Å². The molecule has 0 saturated heterocycles. The predicted octanol–water partition coefficient (Wildman–Crippen LogP) is 8.95. The van der Waals surface area contributed by atoms with Gasteiger partial charge in [0.2, 0.25) is 0 Å². The average molecular weight is 488 g/mol. The Bertz CT molecular complexity index is 747. The van der Waals surface area contributed by atoms with E-state index in [-0.39, 0.29) is 17.1 Å². The summed E-state index contributed by atoms with van der Waals surface area (Å²) >= 11 is 0. The van der Waals surface area contributed by atoms with Gasteiger partial charge in [-0.25, -0.2) is 0 Å². The van der Waals surface area contributed by atoms with Gasteiger partial charge in [0, 0.05) is 0 Å². The Labute approximate surface area is 209 Å². The molecular formula is C28H32CuN4-2. The van der Waals surface area contributed by atoms with Gasteiger partial charge < -0.3 is 22.9 Å². The van der Waals surface area contributed by atoms with Crippen molar-refractivity contribution in [2.75, 3.05) is 0 Å². The summed E-state index contributed by atoms with van der Waals surface area (Å²) in [4.78, 5) is 0. The summed E-state index contributed by atoms with van der Waals surface area (Å²) in [7, 11) is 0. The van der Waals surface area contributed by atoms with Crippen molar-refractivity contribution in [1.82, 2.24) is 0 Å². The second kappa shape index (κ2) is 21.1. The summed E-state index contributed by atoms with van der Waals surface area (Å²) < 4.78 is 0. The van der Waals surface area contributed by atoms with E-state index in [1.807, 2.05) is 121 Å². The average Bonchev–Trinajstić information content (AvgIpc) is 2.91. The molecule has 0 heterocycles. The number of benzene rings is 4. The Hall–Kier alpha value is -2.76. The molecule has 0 aliphatic heterocycles. The van der Waals surface area contributed by atoms with Crippen LogP contribution >= 0.6 is 0 Å². The molecule has 5 heteroatoms. The molecule has 33 heavy (non-hydrogen) atoms. The van der Waals surface area contributed by atoms with Crippen LogP contribution in [0.3, 0.4) is 0 Å². The fraction of sp³-hybridized carbons (Fsp3) is 0.143. The van der Waals surface area contributed by atoms with Crippen LogP contribution in [0.5, 0.6) is 0 Å². The van der Waals surface area contributed by atoms with Gasteiger partial charge >= 0.3 is 17.1 Å². The summed E-state index contributed by atoms with van der Waals surface area (Å²) in [6.45, 7) is 1.56.